The highest BCUT2D eigenvalue weighted by Gasteiger charge is 2.18. The summed E-state index contributed by atoms with van der Waals surface area (Å²) in [6.45, 7) is 1.83. The highest BCUT2D eigenvalue weighted by Crippen LogP contribution is 2.19. The van der Waals surface area contributed by atoms with Gasteiger partial charge in [0, 0.05) is 0 Å². The lowest BCUT2D eigenvalue weighted by Crippen LogP contribution is -2.28. The molecule has 0 spiro atoms. The second-order valence-corrected chi connectivity index (χ2v) is 5.59. The first-order valence-electron chi connectivity index (χ1n) is 6.62. The maximum atomic E-state index is 12.3. The standard InChI is InChI=1S/C15H12Cl2N4O/c1-8(14-19-10-4-2-3-5-11(10)20-14)18-15(22)13-9(16)6-7-12(17)21-13/h2-8H,1H3,(H,18,22)(H,19,20). The number of amides is 1. The maximum Gasteiger partial charge on any atom is 0.272 e. The fourth-order valence-electron chi connectivity index (χ4n) is 2.09. The number of aromatic amines is 1. The third-order valence-corrected chi connectivity index (χ3v) is 3.71. The average Bonchev–Trinajstić information content (AvgIpc) is 2.93. The number of carbonyl (C=O) groups is 1. The number of hydrogen-bond acceptors (Lipinski definition) is 3. The Kier molecular flexibility index (Phi) is 4.00. The molecule has 2 aromatic heterocycles. The van der Waals surface area contributed by atoms with Crippen molar-refractivity contribution < 1.29 is 4.79 Å². The molecule has 3 rings (SSSR count). The molecule has 5 nitrogen and oxygen atoms in total. The summed E-state index contributed by atoms with van der Waals surface area (Å²) in [5.74, 6) is 0.258. The van der Waals surface area contributed by atoms with Crippen LogP contribution in [0, 0.1) is 0 Å². The Morgan fingerprint density at radius 1 is 1.18 bits per heavy atom. The first-order chi connectivity index (χ1) is 10.5. The molecule has 0 saturated heterocycles. The van der Waals surface area contributed by atoms with Gasteiger partial charge in [-0.05, 0) is 31.2 Å². The molecule has 0 fully saturated rings. The lowest BCUT2D eigenvalue weighted by Gasteiger charge is -2.11. The lowest BCUT2D eigenvalue weighted by atomic mass is 10.2. The number of para-hydroxylation sites is 2. The molecule has 3 aromatic rings. The summed E-state index contributed by atoms with van der Waals surface area (Å²) < 4.78 is 0. The number of hydrogen-bond donors (Lipinski definition) is 2. The Balaban J connectivity index is 1.82. The lowest BCUT2D eigenvalue weighted by molar-refractivity contribution is 0.0933. The van der Waals surface area contributed by atoms with E-state index >= 15 is 0 Å². The minimum absolute atomic E-state index is 0.0946. The minimum Gasteiger partial charge on any atom is -0.341 e. The van der Waals surface area contributed by atoms with Crippen LogP contribution in [0.2, 0.25) is 10.2 Å². The summed E-state index contributed by atoms with van der Waals surface area (Å²) in [4.78, 5) is 23.8. The van der Waals surface area contributed by atoms with Gasteiger partial charge in [0.15, 0.2) is 0 Å². The van der Waals surface area contributed by atoms with Crippen LogP contribution in [-0.4, -0.2) is 20.9 Å². The molecule has 0 aliphatic carbocycles. The number of benzene rings is 1. The van der Waals surface area contributed by atoms with E-state index in [1.54, 1.807) is 0 Å². The molecule has 22 heavy (non-hydrogen) atoms. The van der Waals surface area contributed by atoms with Gasteiger partial charge in [0.05, 0.1) is 22.1 Å². The summed E-state index contributed by atoms with van der Waals surface area (Å²) in [6, 6.07) is 10.4. The summed E-state index contributed by atoms with van der Waals surface area (Å²) >= 11 is 11.8. The Morgan fingerprint density at radius 2 is 1.95 bits per heavy atom. The van der Waals surface area contributed by atoms with Gasteiger partial charge in [0.1, 0.15) is 16.7 Å². The first-order valence-corrected chi connectivity index (χ1v) is 7.38. The van der Waals surface area contributed by atoms with Crippen molar-refractivity contribution >= 4 is 40.1 Å². The third-order valence-electron chi connectivity index (χ3n) is 3.19. The third kappa shape index (κ3) is 2.91. The van der Waals surface area contributed by atoms with Crippen molar-refractivity contribution in [1.29, 1.82) is 0 Å². The molecular formula is C15H12Cl2N4O. The minimum atomic E-state index is -0.402. The molecule has 0 radical (unpaired) electrons. The Morgan fingerprint density at radius 3 is 2.73 bits per heavy atom. The van der Waals surface area contributed by atoms with E-state index in [-0.39, 0.29) is 21.9 Å². The first kappa shape index (κ1) is 14.8. The molecule has 1 aromatic carbocycles. The zero-order chi connectivity index (χ0) is 15.7. The van der Waals surface area contributed by atoms with Gasteiger partial charge in [-0.3, -0.25) is 4.79 Å². The Bertz CT molecular complexity index is 813. The van der Waals surface area contributed by atoms with Crippen LogP contribution in [0.3, 0.4) is 0 Å². The number of aromatic nitrogens is 3. The monoisotopic (exact) mass is 334 g/mol. The van der Waals surface area contributed by atoms with Crippen LogP contribution in [0.1, 0.15) is 29.3 Å². The van der Waals surface area contributed by atoms with Gasteiger partial charge in [0.25, 0.3) is 5.91 Å². The molecule has 1 amide bonds. The molecule has 2 heterocycles. The van der Waals surface area contributed by atoms with E-state index in [9.17, 15) is 4.79 Å². The second kappa shape index (κ2) is 5.94. The molecule has 2 N–H and O–H groups in total. The summed E-state index contributed by atoms with van der Waals surface area (Å²) in [7, 11) is 0. The Hall–Kier alpha value is -2.11. The summed E-state index contributed by atoms with van der Waals surface area (Å²) in [5, 5.41) is 3.27. The van der Waals surface area contributed by atoms with E-state index in [2.05, 4.69) is 20.3 Å². The van der Waals surface area contributed by atoms with Crippen molar-refractivity contribution in [3.63, 3.8) is 0 Å². The number of pyridine rings is 1. The predicted molar refractivity (Wildman–Crippen MR) is 86.2 cm³/mol. The number of nitrogens with zero attached hydrogens (tertiary/aromatic N) is 2. The summed E-state index contributed by atoms with van der Waals surface area (Å²) in [6.07, 6.45) is 0. The van der Waals surface area contributed by atoms with Gasteiger partial charge in [-0.1, -0.05) is 35.3 Å². The highest BCUT2D eigenvalue weighted by molar-refractivity contribution is 6.34. The van der Waals surface area contributed by atoms with E-state index < -0.39 is 5.91 Å². The Labute approximate surface area is 136 Å². The van der Waals surface area contributed by atoms with E-state index in [0.717, 1.165) is 11.0 Å². The van der Waals surface area contributed by atoms with Crippen molar-refractivity contribution in [1.82, 2.24) is 20.3 Å². The fourth-order valence-corrected chi connectivity index (χ4v) is 2.43. The normalized spacial score (nSPS) is 12.3. The highest BCUT2D eigenvalue weighted by atomic mass is 35.5. The van der Waals surface area contributed by atoms with Crippen molar-refractivity contribution in [2.75, 3.05) is 0 Å². The molecule has 1 atom stereocenters. The molecule has 0 bridgehead atoms. The van der Waals surface area contributed by atoms with Crippen molar-refractivity contribution in [3.8, 4) is 0 Å². The topological polar surface area (TPSA) is 70.7 Å². The van der Waals surface area contributed by atoms with Gasteiger partial charge >= 0.3 is 0 Å². The molecule has 112 valence electrons. The average molecular weight is 335 g/mol. The van der Waals surface area contributed by atoms with Crippen LogP contribution in [0.25, 0.3) is 11.0 Å². The number of nitrogens with one attached hydrogen (secondary N) is 2. The van der Waals surface area contributed by atoms with Crippen LogP contribution in [-0.2, 0) is 0 Å². The van der Waals surface area contributed by atoms with Gasteiger partial charge in [-0.15, -0.1) is 0 Å². The SMILES string of the molecule is CC(NC(=O)c1nc(Cl)ccc1Cl)c1nc2ccccc2[nH]1. The van der Waals surface area contributed by atoms with Crippen LogP contribution in [0.5, 0.6) is 0 Å². The number of halogens is 2. The van der Waals surface area contributed by atoms with E-state index in [1.165, 1.54) is 12.1 Å². The van der Waals surface area contributed by atoms with Crippen LogP contribution in [0.15, 0.2) is 36.4 Å². The largest absolute Gasteiger partial charge is 0.341 e. The van der Waals surface area contributed by atoms with Gasteiger partial charge in [-0.25, -0.2) is 9.97 Å². The van der Waals surface area contributed by atoms with Crippen molar-refractivity contribution in [2.45, 2.75) is 13.0 Å². The molecule has 0 aliphatic heterocycles. The second-order valence-electron chi connectivity index (χ2n) is 4.80. The maximum absolute atomic E-state index is 12.3. The number of fused-ring (bicyclic) bond motifs is 1. The number of rotatable bonds is 3. The van der Waals surface area contributed by atoms with E-state index in [1.807, 2.05) is 31.2 Å². The summed E-state index contributed by atoms with van der Waals surface area (Å²) in [5.41, 5.74) is 1.85. The molecule has 0 saturated carbocycles. The van der Waals surface area contributed by atoms with Gasteiger partial charge in [0.2, 0.25) is 0 Å². The number of imidazole rings is 1. The quantitative estimate of drug-likeness (QED) is 0.716. The number of carbonyl (C=O) groups excluding carboxylic acids is 1. The van der Waals surface area contributed by atoms with Crippen molar-refractivity contribution in [2.24, 2.45) is 0 Å². The molecule has 7 heteroatoms. The predicted octanol–water partition coefficient (Wildman–Crippen LogP) is 3.76. The van der Waals surface area contributed by atoms with Crippen LogP contribution >= 0.6 is 23.2 Å². The van der Waals surface area contributed by atoms with E-state index in [4.69, 9.17) is 23.2 Å². The molecule has 0 aliphatic rings. The van der Waals surface area contributed by atoms with Crippen LogP contribution in [0.4, 0.5) is 0 Å². The molecule has 1 unspecified atom stereocenters. The van der Waals surface area contributed by atoms with Gasteiger partial charge in [-0.2, -0.15) is 0 Å². The van der Waals surface area contributed by atoms with E-state index in [0.29, 0.717) is 5.82 Å². The zero-order valence-electron chi connectivity index (χ0n) is 11.6. The van der Waals surface area contributed by atoms with Gasteiger partial charge < -0.3 is 10.3 Å². The zero-order valence-corrected chi connectivity index (χ0v) is 13.1. The number of H-pyrrole nitrogens is 1. The fraction of sp³-hybridized carbons (Fsp3) is 0.133. The smallest absolute Gasteiger partial charge is 0.272 e. The molecular weight excluding hydrogens is 323 g/mol. The van der Waals surface area contributed by atoms with Crippen molar-refractivity contribution in [3.05, 3.63) is 58.1 Å². The van der Waals surface area contributed by atoms with Crippen LogP contribution < -0.4 is 5.32 Å².